The van der Waals surface area contributed by atoms with Crippen molar-refractivity contribution in [3.8, 4) is 17.2 Å². The first-order valence-corrected chi connectivity index (χ1v) is 7.13. The molecule has 0 unspecified atom stereocenters. The average Bonchev–Trinajstić information content (AvgIpc) is 2.47. The van der Waals surface area contributed by atoms with E-state index in [0.29, 0.717) is 16.9 Å². The molecule has 0 saturated heterocycles. The third-order valence-corrected chi connectivity index (χ3v) is 3.82. The van der Waals surface area contributed by atoms with Crippen LogP contribution in [-0.2, 0) is 0 Å². The van der Waals surface area contributed by atoms with Crippen LogP contribution in [0, 0.1) is 14.9 Å². The Hall–Kier alpha value is -2.13. The molecule has 3 aromatic rings. The molecule has 0 aliphatic rings. The zero-order valence-electron chi connectivity index (χ0n) is 10.5. The smallest absolute Gasteiger partial charge is 0.133 e. The van der Waals surface area contributed by atoms with Crippen LogP contribution >= 0.6 is 22.6 Å². The number of rotatable bonds is 1. The molecular formula is C16H10IN3. The average molecular weight is 371 g/mol. The van der Waals surface area contributed by atoms with E-state index < -0.39 is 0 Å². The van der Waals surface area contributed by atoms with Crippen LogP contribution < -0.4 is 5.73 Å². The first-order valence-electron chi connectivity index (χ1n) is 6.05. The van der Waals surface area contributed by atoms with Crippen molar-refractivity contribution in [3.63, 3.8) is 0 Å². The summed E-state index contributed by atoms with van der Waals surface area (Å²) in [6, 6.07) is 17.8. The van der Waals surface area contributed by atoms with E-state index in [0.717, 1.165) is 20.0 Å². The van der Waals surface area contributed by atoms with Gasteiger partial charge in [-0.25, -0.2) is 4.98 Å². The summed E-state index contributed by atoms with van der Waals surface area (Å²) in [5.74, 6) is 0.390. The molecule has 3 nitrogen and oxygen atoms in total. The highest BCUT2D eigenvalue weighted by molar-refractivity contribution is 14.1. The number of nitrogens with two attached hydrogens (primary N) is 1. The standard InChI is InChI=1S/C16H10IN3/c17-11-6-7-14-12(8-11)13(9-18)15(16(19)20-14)10-4-2-1-3-5-10/h1-8H,(H2,19,20). The lowest BCUT2D eigenvalue weighted by molar-refractivity contribution is 1.39. The number of hydrogen-bond donors (Lipinski definition) is 1. The van der Waals surface area contributed by atoms with Crippen molar-refractivity contribution in [3.05, 3.63) is 57.7 Å². The fourth-order valence-electron chi connectivity index (χ4n) is 2.27. The largest absolute Gasteiger partial charge is 0.383 e. The molecule has 0 aliphatic carbocycles. The van der Waals surface area contributed by atoms with Gasteiger partial charge in [0.05, 0.1) is 11.1 Å². The van der Waals surface area contributed by atoms with E-state index >= 15 is 0 Å². The maximum Gasteiger partial charge on any atom is 0.133 e. The number of nitrogen functional groups attached to an aromatic ring is 1. The molecule has 96 valence electrons. The van der Waals surface area contributed by atoms with Crippen LogP contribution in [0.15, 0.2) is 48.5 Å². The third kappa shape index (κ3) is 2.10. The van der Waals surface area contributed by atoms with Gasteiger partial charge in [-0.3, -0.25) is 0 Å². The van der Waals surface area contributed by atoms with Gasteiger partial charge in [-0.15, -0.1) is 0 Å². The summed E-state index contributed by atoms with van der Waals surface area (Å²) in [5.41, 5.74) is 9.02. The van der Waals surface area contributed by atoms with Gasteiger partial charge in [0.1, 0.15) is 11.9 Å². The van der Waals surface area contributed by atoms with E-state index in [9.17, 15) is 5.26 Å². The van der Waals surface area contributed by atoms with Gasteiger partial charge in [0.15, 0.2) is 0 Å². The second-order valence-corrected chi connectivity index (χ2v) is 5.63. The molecule has 3 rings (SSSR count). The SMILES string of the molecule is N#Cc1c(-c2ccccc2)c(N)nc2ccc(I)cc12. The second kappa shape index (κ2) is 5.10. The molecule has 2 N–H and O–H groups in total. The maximum absolute atomic E-state index is 9.56. The molecule has 2 aromatic carbocycles. The lowest BCUT2D eigenvalue weighted by Crippen LogP contribution is -1.99. The molecule has 0 saturated carbocycles. The van der Waals surface area contributed by atoms with E-state index in [1.807, 2.05) is 48.5 Å². The lowest BCUT2D eigenvalue weighted by Gasteiger charge is -2.11. The van der Waals surface area contributed by atoms with Crippen molar-refractivity contribution in [1.29, 1.82) is 5.26 Å². The highest BCUT2D eigenvalue weighted by Gasteiger charge is 2.14. The van der Waals surface area contributed by atoms with Gasteiger partial charge in [-0.1, -0.05) is 30.3 Å². The normalized spacial score (nSPS) is 10.4. The van der Waals surface area contributed by atoms with Gasteiger partial charge in [0.25, 0.3) is 0 Å². The van der Waals surface area contributed by atoms with Crippen LogP contribution in [0.1, 0.15) is 5.56 Å². The van der Waals surface area contributed by atoms with Crippen LogP contribution in [0.3, 0.4) is 0 Å². The lowest BCUT2D eigenvalue weighted by atomic mass is 9.97. The number of aromatic nitrogens is 1. The van der Waals surface area contributed by atoms with Gasteiger partial charge in [0.2, 0.25) is 0 Å². The summed E-state index contributed by atoms with van der Waals surface area (Å²) in [4.78, 5) is 4.43. The molecule has 1 heterocycles. The zero-order chi connectivity index (χ0) is 14.1. The number of nitrogens with zero attached hydrogens (tertiary/aromatic N) is 2. The van der Waals surface area contributed by atoms with Crippen LogP contribution in [0.2, 0.25) is 0 Å². The van der Waals surface area contributed by atoms with Gasteiger partial charge >= 0.3 is 0 Å². The molecule has 1 aromatic heterocycles. The summed E-state index contributed by atoms with van der Waals surface area (Å²) < 4.78 is 1.07. The highest BCUT2D eigenvalue weighted by atomic mass is 127. The van der Waals surface area contributed by atoms with Crippen molar-refractivity contribution in [2.75, 3.05) is 5.73 Å². The van der Waals surface area contributed by atoms with Crippen molar-refractivity contribution >= 4 is 39.3 Å². The Morgan fingerprint density at radius 2 is 1.85 bits per heavy atom. The van der Waals surface area contributed by atoms with Crippen LogP contribution in [0.25, 0.3) is 22.0 Å². The first-order chi connectivity index (χ1) is 9.70. The molecule has 20 heavy (non-hydrogen) atoms. The quantitative estimate of drug-likeness (QED) is 0.659. The summed E-state index contributed by atoms with van der Waals surface area (Å²) in [6.45, 7) is 0. The maximum atomic E-state index is 9.56. The summed E-state index contributed by atoms with van der Waals surface area (Å²) >= 11 is 2.23. The molecule has 0 bridgehead atoms. The van der Waals surface area contributed by atoms with Crippen LogP contribution in [-0.4, -0.2) is 4.98 Å². The molecule has 0 radical (unpaired) electrons. The molecule has 0 fully saturated rings. The van der Waals surface area contributed by atoms with Crippen molar-refractivity contribution in [2.45, 2.75) is 0 Å². The van der Waals surface area contributed by atoms with E-state index in [-0.39, 0.29) is 0 Å². The minimum absolute atomic E-state index is 0.390. The highest BCUT2D eigenvalue weighted by Crippen LogP contribution is 2.33. The van der Waals surface area contributed by atoms with Gasteiger partial charge < -0.3 is 5.73 Å². The van der Waals surface area contributed by atoms with Gasteiger partial charge in [-0.05, 0) is 46.4 Å². The predicted molar refractivity (Wildman–Crippen MR) is 89.0 cm³/mol. The third-order valence-electron chi connectivity index (χ3n) is 3.15. The molecule has 0 aliphatic heterocycles. The fourth-order valence-corrected chi connectivity index (χ4v) is 2.76. The Kier molecular flexibility index (Phi) is 3.28. The van der Waals surface area contributed by atoms with E-state index in [2.05, 4.69) is 33.6 Å². The second-order valence-electron chi connectivity index (χ2n) is 4.39. The van der Waals surface area contributed by atoms with Gasteiger partial charge in [0, 0.05) is 14.5 Å². The van der Waals surface area contributed by atoms with E-state index in [1.54, 1.807) is 0 Å². The number of hydrogen-bond acceptors (Lipinski definition) is 3. The number of halogens is 1. The zero-order valence-corrected chi connectivity index (χ0v) is 12.6. The number of fused-ring (bicyclic) bond motifs is 1. The number of nitriles is 1. The Labute approximate surface area is 130 Å². The van der Waals surface area contributed by atoms with Crippen molar-refractivity contribution in [2.24, 2.45) is 0 Å². The molecular weight excluding hydrogens is 361 g/mol. The summed E-state index contributed by atoms with van der Waals surface area (Å²) in [7, 11) is 0. The Balaban J connectivity index is 2.44. The number of anilines is 1. The summed E-state index contributed by atoms with van der Waals surface area (Å²) in [6.07, 6.45) is 0. The van der Waals surface area contributed by atoms with Crippen LogP contribution in [0.4, 0.5) is 5.82 Å². The topological polar surface area (TPSA) is 62.7 Å². The minimum atomic E-state index is 0.390. The van der Waals surface area contributed by atoms with Gasteiger partial charge in [-0.2, -0.15) is 5.26 Å². The van der Waals surface area contributed by atoms with E-state index in [1.165, 1.54) is 0 Å². The number of pyridine rings is 1. The molecule has 4 heteroatoms. The summed E-state index contributed by atoms with van der Waals surface area (Å²) in [5, 5.41) is 10.4. The Morgan fingerprint density at radius 3 is 2.55 bits per heavy atom. The predicted octanol–water partition coefficient (Wildman–Crippen LogP) is 3.96. The fraction of sp³-hybridized carbons (Fsp3) is 0. The van der Waals surface area contributed by atoms with Crippen molar-refractivity contribution < 1.29 is 0 Å². The van der Waals surface area contributed by atoms with Crippen LogP contribution in [0.5, 0.6) is 0 Å². The Bertz CT molecular complexity index is 836. The number of benzene rings is 2. The Morgan fingerprint density at radius 1 is 1.10 bits per heavy atom. The monoisotopic (exact) mass is 371 g/mol. The first kappa shape index (κ1) is 12.9. The van der Waals surface area contributed by atoms with E-state index in [4.69, 9.17) is 5.73 Å². The molecule has 0 amide bonds. The minimum Gasteiger partial charge on any atom is -0.383 e. The van der Waals surface area contributed by atoms with Crippen molar-refractivity contribution in [1.82, 2.24) is 4.98 Å². The molecule has 0 spiro atoms. The molecule has 0 atom stereocenters.